The molecule has 1 aliphatic rings. The Kier molecular flexibility index (Phi) is 1.91. The van der Waals surface area contributed by atoms with Crippen molar-refractivity contribution in [2.75, 3.05) is 12.8 Å². The Bertz CT molecular complexity index is 129. The van der Waals surface area contributed by atoms with Crippen LogP contribution in [0.25, 0.3) is 0 Å². The summed E-state index contributed by atoms with van der Waals surface area (Å²) in [6, 6.07) is 0. The van der Waals surface area contributed by atoms with E-state index in [2.05, 4.69) is 15.5 Å². The van der Waals surface area contributed by atoms with E-state index in [-0.39, 0.29) is 0 Å². The molecule has 4 heteroatoms. The summed E-state index contributed by atoms with van der Waals surface area (Å²) in [7, 11) is 1.77. The van der Waals surface area contributed by atoms with Crippen molar-refractivity contribution >= 4 is 23.1 Å². The van der Waals surface area contributed by atoms with Gasteiger partial charge in [-0.1, -0.05) is 11.8 Å². The summed E-state index contributed by atoms with van der Waals surface area (Å²) in [5, 5.41) is 4.68. The van der Waals surface area contributed by atoms with Gasteiger partial charge in [-0.25, -0.2) is 4.99 Å². The van der Waals surface area contributed by atoms with E-state index in [0.717, 1.165) is 10.9 Å². The van der Waals surface area contributed by atoms with E-state index in [1.807, 2.05) is 6.21 Å². The number of nitrogens with zero attached hydrogens (tertiary/aromatic N) is 2. The smallest absolute Gasteiger partial charge is 0.206 e. The predicted octanol–water partition coefficient (Wildman–Crippen LogP) is 0.294. The zero-order chi connectivity index (χ0) is 5.82. The van der Waals surface area contributed by atoms with E-state index in [4.69, 9.17) is 0 Å². The van der Waals surface area contributed by atoms with Gasteiger partial charge in [0.15, 0.2) is 0 Å². The van der Waals surface area contributed by atoms with Gasteiger partial charge in [0.05, 0.1) is 0 Å². The van der Waals surface area contributed by atoms with Crippen molar-refractivity contribution in [2.24, 2.45) is 10.1 Å². The highest BCUT2D eigenvalue weighted by molar-refractivity contribution is 8.14. The molecule has 0 fully saturated rings. The molecule has 1 aliphatic heterocycles. The van der Waals surface area contributed by atoms with Crippen LogP contribution < -0.4 is 5.43 Å². The van der Waals surface area contributed by atoms with Crippen LogP contribution >= 0.6 is 11.8 Å². The van der Waals surface area contributed by atoms with Crippen LogP contribution in [0.2, 0.25) is 0 Å². The first-order valence-corrected chi connectivity index (χ1v) is 3.32. The Balaban J connectivity index is 2.46. The summed E-state index contributed by atoms with van der Waals surface area (Å²) in [4.78, 5) is 3.95. The van der Waals surface area contributed by atoms with Gasteiger partial charge < -0.3 is 5.43 Å². The maximum atomic E-state index is 3.95. The summed E-state index contributed by atoms with van der Waals surface area (Å²) in [5.41, 5.74) is 2.66. The van der Waals surface area contributed by atoms with Crippen LogP contribution in [0.5, 0.6) is 0 Å². The lowest BCUT2D eigenvalue weighted by Gasteiger charge is -1.87. The van der Waals surface area contributed by atoms with Crippen molar-refractivity contribution in [1.29, 1.82) is 0 Å². The van der Waals surface area contributed by atoms with E-state index >= 15 is 0 Å². The van der Waals surface area contributed by atoms with Crippen molar-refractivity contribution in [2.45, 2.75) is 0 Å². The first kappa shape index (κ1) is 5.62. The Morgan fingerprint density at radius 1 is 2.00 bits per heavy atom. The summed E-state index contributed by atoms with van der Waals surface area (Å²) < 4.78 is 0. The van der Waals surface area contributed by atoms with Crippen molar-refractivity contribution in [3.63, 3.8) is 0 Å². The molecule has 0 saturated heterocycles. The van der Waals surface area contributed by atoms with Gasteiger partial charge in [0.25, 0.3) is 0 Å². The average molecular weight is 129 g/mol. The lowest BCUT2D eigenvalue weighted by Crippen LogP contribution is -1.96. The van der Waals surface area contributed by atoms with E-state index < -0.39 is 0 Å². The molecule has 0 unspecified atom stereocenters. The van der Waals surface area contributed by atoms with Crippen molar-refractivity contribution in [3.05, 3.63) is 0 Å². The lowest BCUT2D eigenvalue weighted by atomic mass is 10.9. The SMILES string of the molecule is CNN=C1N=CCS1. The molecular weight excluding hydrogens is 122 g/mol. The highest BCUT2D eigenvalue weighted by atomic mass is 32.2. The number of hydrogen-bond donors (Lipinski definition) is 1. The van der Waals surface area contributed by atoms with Gasteiger partial charge >= 0.3 is 0 Å². The zero-order valence-corrected chi connectivity index (χ0v) is 5.40. The molecule has 0 bridgehead atoms. The molecule has 3 nitrogen and oxygen atoms in total. The number of thioether (sulfide) groups is 1. The number of nitrogens with one attached hydrogen (secondary N) is 1. The zero-order valence-electron chi connectivity index (χ0n) is 4.59. The Morgan fingerprint density at radius 3 is 3.38 bits per heavy atom. The molecule has 0 aromatic heterocycles. The average Bonchev–Trinajstić information content (AvgIpc) is 2.19. The Morgan fingerprint density at radius 2 is 2.88 bits per heavy atom. The van der Waals surface area contributed by atoms with Crippen LogP contribution in [-0.2, 0) is 0 Å². The molecule has 0 radical (unpaired) electrons. The number of aliphatic imine (C=N–C) groups is 1. The molecule has 0 atom stereocenters. The van der Waals surface area contributed by atoms with Crippen molar-refractivity contribution < 1.29 is 0 Å². The Labute approximate surface area is 52.3 Å². The van der Waals surface area contributed by atoms with Gasteiger partial charge in [0.1, 0.15) is 0 Å². The molecule has 0 spiro atoms. The molecule has 0 saturated carbocycles. The second-order valence-electron chi connectivity index (χ2n) is 1.24. The highest BCUT2D eigenvalue weighted by Crippen LogP contribution is 2.08. The third kappa shape index (κ3) is 1.23. The van der Waals surface area contributed by atoms with Gasteiger partial charge in [0.2, 0.25) is 5.17 Å². The third-order valence-electron chi connectivity index (χ3n) is 0.696. The molecule has 0 aliphatic carbocycles. The van der Waals surface area contributed by atoms with Crippen LogP contribution in [-0.4, -0.2) is 24.2 Å². The van der Waals surface area contributed by atoms with Gasteiger partial charge in [-0.15, -0.1) is 0 Å². The van der Waals surface area contributed by atoms with E-state index in [1.165, 1.54) is 0 Å². The second-order valence-corrected chi connectivity index (χ2v) is 2.23. The quantitative estimate of drug-likeness (QED) is 0.517. The van der Waals surface area contributed by atoms with Gasteiger partial charge in [-0.05, 0) is 0 Å². The fourth-order valence-electron chi connectivity index (χ4n) is 0.421. The number of hydrazone groups is 1. The topological polar surface area (TPSA) is 36.8 Å². The summed E-state index contributed by atoms with van der Waals surface area (Å²) in [6.45, 7) is 0. The minimum atomic E-state index is 0.826. The molecule has 44 valence electrons. The molecule has 1 N–H and O–H groups in total. The normalized spacial score (nSPS) is 22.4. The van der Waals surface area contributed by atoms with E-state index in [0.29, 0.717) is 0 Å². The van der Waals surface area contributed by atoms with Crippen LogP contribution in [0.4, 0.5) is 0 Å². The molecule has 8 heavy (non-hydrogen) atoms. The monoisotopic (exact) mass is 129 g/mol. The van der Waals surface area contributed by atoms with E-state index in [9.17, 15) is 0 Å². The second kappa shape index (κ2) is 2.71. The highest BCUT2D eigenvalue weighted by Gasteiger charge is 2.00. The van der Waals surface area contributed by atoms with Gasteiger partial charge in [-0.2, -0.15) is 5.10 Å². The maximum absolute atomic E-state index is 3.95. The minimum Gasteiger partial charge on any atom is -0.311 e. The maximum Gasteiger partial charge on any atom is 0.206 e. The standard InChI is InChI=1S/C4H7N3S/c1-5-7-4-6-2-3-8-4/h2,5H,3H2,1H3. The van der Waals surface area contributed by atoms with Gasteiger partial charge in [-0.3, -0.25) is 0 Å². The molecule has 0 amide bonds. The van der Waals surface area contributed by atoms with Gasteiger partial charge in [0, 0.05) is 19.0 Å². The summed E-state index contributed by atoms with van der Waals surface area (Å²) in [5.74, 6) is 0.959. The predicted molar refractivity (Wildman–Crippen MR) is 37.4 cm³/mol. The summed E-state index contributed by atoms with van der Waals surface area (Å²) >= 11 is 1.63. The lowest BCUT2D eigenvalue weighted by molar-refractivity contribution is 0.904. The molecular formula is C4H7N3S. The van der Waals surface area contributed by atoms with E-state index in [1.54, 1.807) is 18.8 Å². The summed E-state index contributed by atoms with van der Waals surface area (Å²) in [6.07, 6.45) is 1.85. The molecule has 1 heterocycles. The molecule has 0 aromatic rings. The fraction of sp³-hybridized carbons (Fsp3) is 0.500. The molecule has 0 aromatic carbocycles. The number of amidine groups is 1. The van der Waals surface area contributed by atoms with Crippen molar-refractivity contribution in [1.82, 2.24) is 5.43 Å². The first-order chi connectivity index (χ1) is 3.93. The van der Waals surface area contributed by atoms with Crippen LogP contribution in [0, 0.1) is 0 Å². The largest absolute Gasteiger partial charge is 0.311 e. The Hall–Kier alpha value is -0.510. The third-order valence-corrected chi connectivity index (χ3v) is 1.47. The fourth-order valence-corrected chi connectivity index (χ4v) is 1.02. The molecule has 1 rings (SSSR count). The number of hydrogen-bond acceptors (Lipinski definition) is 3. The number of rotatable bonds is 1. The van der Waals surface area contributed by atoms with Crippen LogP contribution in [0.3, 0.4) is 0 Å². The first-order valence-electron chi connectivity index (χ1n) is 2.33. The van der Waals surface area contributed by atoms with Crippen molar-refractivity contribution in [3.8, 4) is 0 Å². The van der Waals surface area contributed by atoms with Crippen LogP contribution in [0.15, 0.2) is 10.1 Å². The van der Waals surface area contributed by atoms with Crippen LogP contribution in [0.1, 0.15) is 0 Å². The minimum absolute atomic E-state index is 0.826.